The minimum absolute atomic E-state index is 0.120. The predicted molar refractivity (Wildman–Crippen MR) is 93.9 cm³/mol. The van der Waals surface area contributed by atoms with Crippen molar-refractivity contribution < 1.29 is 14.3 Å². The van der Waals surface area contributed by atoms with Crippen LogP contribution < -0.4 is 10.2 Å². The van der Waals surface area contributed by atoms with Crippen LogP contribution in [0.25, 0.3) is 5.57 Å². The van der Waals surface area contributed by atoms with Crippen molar-refractivity contribution in [2.75, 3.05) is 18.0 Å². The zero-order valence-electron chi connectivity index (χ0n) is 14.5. The molecule has 1 aromatic carbocycles. The Kier molecular flexibility index (Phi) is 4.60. The molecule has 1 atom stereocenters. The van der Waals surface area contributed by atoms with Gasteiger partial charge in [-0.3, -0.25) is 9.69 Å². The van der Waals surface area contributed by atoms with Crippen molar-refractivity contribution in [2.45, 2.75) is 46.1 Å². The highest BCUT2D eigenvalue weighted by molar-refractivity contribution is 5.91. The summed E-state index contributed by atoms with van der Waals surface area (Å²) in [6.07, 6.45) is 2.81. The molecular weight excluding hydrogens is 304 g/mol. The number of ether oxygens (including phenoxy) is 1. The average molecular weight is 328 g/mol. The van der Waals surface area contributed by atoms with Crippen LogP contribution in [0.4, 0.5) is 10.5 Å². The normalized spacial score (nSPS) is 20.5. The van der Waals surface area contributed by atoms with Crippen LogP contribution in [0.2, 0.25) is 0 Å². The van der Waals surface area contributed by atoms with Gasteiger partial charge in [0.25, 0.3) is 0 Å². The molecule has 3 rings (SSSR count). The largest absolute Gasteiger partial charge is 0.442 e. The highest BCUT2D eigenvalue weighted by Crippen LogP contribution is 2.37. The fourth-order valence-electron chi connectivity index (χ4n) is 3.46. The zero-order valence-corrected chi connectivity index (χ0v) is 14.5. The van der Waals surface area contributed by atoms with E-state index in [1.54, 1.807) is 4.90 Å². The van der Waals surface area contributed by atoms with Gasteiger partial charge in [0.15, 0.2) is 0 Å². The van der Waals surface area contributed by atoms with Crippen molar-refractivity contribution >= 4 is 23.3 Å². The van der Waals surface area contributed by atoms with Crippen LogP contribution in [-0.2, 0) is 9.53 Å². The summed E-state index contributed by atoms with van der Waals surface area (Å²) in [5.41, 5.74) is 6.19. The summed E-state index contributed by atoms with van der Waals surface area (Å²) in [6.45, 7) is 6.57. The number of carbonyl (C=O) groups excluding carboxylic acids is 2. The second-order valence-electron chi connectivity index (χ2n) is 6.67. The summed E-state index contributed by atoms with van der Waals surface area (Å²) in [6, 6.07) is 6.13. The summed E-state index contributed by atoms with van der Waals surface area (Å²) in [5, 5.41) is 2.70. The fourth-order valence-corrected chi connectivity index (χ4v) is 3.46. The van der Waals surface area contributed by atoms with Crippen LogP contribution in [0, 0.1) is 6.92 Å². The van der Waals surface area contributed by atoms with E-state index in [-0.39, 0.29) is 18.1 Å². The average Bonchev–Trinajstić information content (AvgIpc) is 3.12. The van der Waals surface area contributed by atoms with Crippen LogP contribution in [0.3, 0.4) is 0 Å². The van der Waals surface area contributed by atoms with E-state index in [1.807, 2.05) is 6.07 Å². The summed E-state index contributed by atoms with van der Waals surface area (Å²) < 4.78 is 5.36. The van der Waals surface area contributed by atoms with E-state index < -0.39 is 0 Å². The number of nitrogens with zero attached hydrogens (tertiary/aromatic N) is 1. The van der Waals surface area contributed by atoms with E-state index in [4.69, 9.17) is 4.74 Å². The topological polar surface area (TPSA) is 58.6 Å². The smallest absolute Gasteiger partial charge is 0.414 e. The Balaban J connectivity index is 1.81. The summed E-state index contributed by atoms with van der Waals surface area (Å²) in [4.78, 5) is 24.9. The number of benzene rings is 1. The molecule has 5 nitrogen and oxygen atoms in total. The van der Waals surface area contributed by atoms with Gasteiger partial charge >= 0.3 is 6.09 Å². The Morgan fingerprint density at radius 3 is 2.79 bits per heavy atom. The third kappa shape index (κ3) is 3.30. The monoisotopic (exact) mass is 328 g/mol. The highest BCUT2D eigenvalue weighted by atomic mass is 16.6. The van der Waals surface area contributed by atoms with Crippen LogP contribution in [0.1, 0.15) is 44.2 Å². The van der Waals surface area contributed by atoms with Crippen LogP contribution in [0.15, 0.2) is 23.8 Å². The van der Waals surface area contributed by atoms with E-state index in [0.29, 0.717) is 13.1 Å². The SMILES string of the molecule is CC(=O)NC[C@H]1CN(c2ccc(C)c(C3=C(C)CCC3)c2)C(=O)O1. The number of anilines is 1. The molecule has 24 heavy (non-hydrogen) atoms. The lowest BCUT2D eigenvalue weighted by atomic mass is 9.97. The van der Waals surface area contributed by atoms with E-state index in [1.165, 1.54) is 35.6 Å². The van der Waals surface area contributed by atoms with Crippen molar-refractivity contribution in [3.63, 3.8) is 0 Å². The number of carbonyl (C=O) groups is 2. The Bertz CT molecular complexity index is 709. The molecule has 0 saturated carbocycles. The van der Waals surface area contributed by atoms with Gasteiger partial charge in [0.1, 0.15) is 6.10 Å². The summed E-state index contributed by atoms with van der Waals surface area (Å²) in [5.74, 6) is -0.120. The first-order valence-corrected chi connectivity index (χ1v) is 8.48. The number of cyclic esters (lactones) is 1. The van der Waals surface area contributed by atoms with E-state index in [2.05, 4.69) is 31.3 Å². The molecule has 1 aliphatic carbocycles. The molecule has 1 fully saturated rings. The lowest BCUT2D eigenvalue weighted by Gasteiger charge is -2.17. The van der Waals surface area contributed by atoms with Crippen LogP contribution in [0.5, 0.6) is 0 Å². The maximum absolute atomic E-state index is 12.2. The molecule has 0 bridgehead atoms. The molecular formula is C19H24N2O3. The van der Waals surface area contributed by atoms with Crippen molar-refractivity contribution in [3.05, 3.63) is 34.9 Å². The molecule has 1 N–H and O–H groups in total. The second kappa shape index (κ2) is 6.67. The van der Waals surface area contributed by atoms with Gasteiger partial charge < -0.3 is 10.1 Å². The third-order valence-electron chi connectivity index (χ3n) is 4.80. The van der Waals surface area contributed by atoms with Crippen LogP contribution >= 0.6 is 0 Å². The summed E-state index contributed by atoms with van der Waals surface area (Å²) in [7, 11) is 0. The Morgan fingerprint density at radius 1 is 1.33 bits per heavy atom. The minimum atomic E-state index is -0.350. The lowest BCUT2D eigenvalue weighted by Crippen LogP contribution is -2.33. The van der Waals surface area contributed by atoms with Gasteiger partial charge in [0, 0.05) is 12.6 Å². The quantitative estimate of drug-likeness (QED) is 0.921. The maximum atomic E-state index is 12.2. The van der Waals surface area contributed by atoms with Gasteiger partial charge in [-0.2, -0.15) is 0 Å². The molecule has 0 radical (unpaired) electrons. The molecule has 0 aromatic heterocycles. The number of amides is 2. The zero-order chi connectivity index (χ0) is 17.3. The van der Waals surface area contributed by atoms with Gasteiger partial charge in [-0.15, -0.1) is 0 Å². The number of hydrogen-bond acceptors (Lipinski definition) is 3. The first kappa shape index (κ1) is 16.6. The van der Waals surface area contributed by atoms with Gasteiger partial charge in [-0.1, -0.05) is 11.6 Å². The highest BCUT2D eigenvalue weighted by Gasteiger charge is 2.32. The minimum Gasteiger partial charge on any atom is -0.442 e. The van der Waals surface area contributed by atoms with E-state index >= 15 is 0 Å². The number of aryl methyl sites for hydroxylation is 1. The molecule has 0 spiro atoms. The van der Waals surface area contributed by atoms with Crippen molar-refractivity contribution in [2.24, 2.45) is 0 Å². The molecule has 0 unspecified atom stereocenters. The molecule has 1 saturated heterocycles. The lowest BCUT2D eigenvalue weighted by molar-refractivity contribution is -0.119. The van der Waals surface area contributed by atoms with Crippen molar-refractivity contribution in [3.8, 4) is 0 Å². The van der Waals surface area contributed by atoms with Gasteiger partial charge in [-0.25, -0.2) is 4.79 Å². The molecule has 1 aliphatic heterocycles. The Morgan fingerprint density at radius 2 is 2.12 bits per heavy atom. The standard InChI is InChI=1S/C19H24N2O3/c1-12-5-4-6-17(12)18-9-15(8-7-13(18)2)21-11-16(24-19(21)23)10-20-14(3)22/h7-9,16H,4-6,10-11H2,1-3H3,(H,20,22)/t16-/m0/s1. The first-order valence-electron chi connectivity index (χ1n) is 8.48. The molecule has 1 heterocycles. The van der Waals surface area contributed by atoms with Gasteiger partial charge in [0.05, 0.1) is 13.1 Å². The Labute approximate surface area is 142 Å². The second-order valence-corrected chi connectivity index (χ2v) is 6.67. The number of nitrogens with one attached hydrogen (secondary N) is 1. The first-order chi connectivity index (χ1) is 11.5. The van der Waals surface area contributed by atoms with Crippen LogP contribution in [-0.4, -0.2) is 31.2 Å². The molecule has 5 heteroatoms. The molecule has 128 valence electrons. The predicted octanol–water partition coefficient (Wildman–Crippen LogP) is 3.41. The van der Waals surface area contributed by atoms with Gasteiger partial charge in [-0.05, 0) is 61.9 Å². The van der Waals surface area contributed by atoms with Gasteiger partial charge in [0.2, 0.25) is 5.91 Å². The Hall–Kier alpha value is -2.30. The molecule has 1 aromatic rings. The molecule has 2 aliphatic rings. The molecule has 2 amide bonds. The van der Waals surface area contributed by atoms with E-state index in [0.717, 1.165) is 18.5 Å². The fraction of sp³-hybridized carbons (Fsp3) is 0.474. The van der Waals surface area contributed by atoms with Crippen molar-refractivity contribution in [1.29, 1.82) is 0 Å². The third-order valence-corrected chi connectivity index (χ3v) is 4.80. The maximum Gasteiger partial charge on any atom is 0.414 e. The number of allylic oxidation sites excluding steroid dienone is 2. The van der Waals surface area contributed by atoms with Crippen molar-refractivity contribution in [1.82, 2.24) is 5.32 Å². The van der Waals surface area contributed by atoms with E-state index in [9.17, 15) is 9.59 Å². The summed E-state index contributed by atoms with van der Waals surface area (Å²) >= 11 is 0. The number of hydrogen-bond donors (Lipinski definition) is 1. The number of rotatable bonds is 4.